The second-order valence-corrected chi connectivity index (χ2v) is 5.10. The molecule has 0 radical (unpaired) electrons. The molecule has 1 N–H and O–H groups in total. The van der Waals surface area contributed by atoms with Gasteiger partial charge in [-0.1, -0.05) is 6.42 Å². The Morgan fingerprint density at radius 2 is 2.21 bits per heavy atom. The van der Waals surface area contributed by atoms with E-state index in [1.165, 1.54) is 12.8 Å². The molecule has 0 amide bonds. The molecule has 2 aromatic heterocycles. The summed E-state index contributed by atoms with van der Waals surface area (Å²) in [6.07, 6.45) is 5.41. The molecule has 100 valence electrons. The van der Waals surface area contributed by atoms with Gasteiger partial charge in [0.25, 0.3) is 0 Å². The minimum Gasteiger partial charge on any atom is -0.307 e. The maximum atomic E-state index is 4.73. The number of aromatic nitrogens is 4. The molecule has 3 heterocycles. The highest BCUT2D eigenvalue weighted by molar-refractivity contribution is 5.54. The summed E-state index contributed by atoms with van der Waals surface area (Å²) in [4.78, 5) is 9.32. The lowest BCUT2D eigenvalue weighted by Gasteiger charge is -2.22. The lowest BCUT2D eigenvalue weighted by atomic mass is 10.0. The van der Waals surface area contributed by atoms with Gasteiger partial charge < -0.3 is 5.32 Å². The van der Waals surface area contributed by atoms with E-state index in [4.69, 9.17) is 4.98 Å². The summed E-state index contributed by atoms with van der Waals surface area (Å²) in [5.74, 6) is 0.913. The van der Waals surface area contributed by atoms with Crippen molar-refractivity contribution in [2.24, 2.45) is 7.05 Å². The van der Waals surface area contributed by atoms with Gasteiger partial charge in [0.2, 0.25) is 0 Å². The molecule has 1 unspecified atom stereocenters. The lowest BCUT2D eigenvalue weighted by molar-refractivity contribution is 0.397. The smallest absolute Gasteiger partial charge is 0.146 e. The molecule has 0 spiro atoms. The van der Waals surface area contributed by atoms with Crippen LogP contribution in [0.1, 0.15) is 36.8 Å². The van der Waals surface area contributed by atoms with Crippen LogP contribution in [0.5, 0.6) is 0 Å². The molecule has 1 fully saturated rings. The highest BCUT2D eigenvalue weighted by Gasteiger charge is 2.19. The molecule has 19 heavy (non-hydrogen) atoms. The molecule has 3 rings (SSSR count). The largest absolute Gasteiger partial charge is 0.307 e. The second kappa shape index (κ2) is 5.09. The average molecular weight is 257 g/mol. The first-order valence-corrected chi connectivity index (χ1v) is 6.81. The molecule has 1 aliphatic rings. The highest BCUT2D eigenvalue weighted by atomic mass is 15.3. The van der Waals surface area contributed by atoms with Crippen LogP contribution in [0.4, 0.5) is 0 Å². The van der Waals surface area contributed by atoms with Crippen LogP contribution in [0.15, 0.2) is 18.3 Å². The first-order chi connectivity index (χ1) is 9.24. The first kappa shape index (κ1) is 12.3. The summed E-state index contributed by atoms with van der Waals surface area (Å²) >= 11 is 0. The molecule has 2 aromatic rings. The van der Waals surface area contributed by atoms with Gasteiger partial charge in [-0.05, 0) is 38.4 Å². The van der Waals surface area contributed by atoms with Gasteiger partial charge in [0.1, 0.15) is 5.82 Å². The van der Waals surface area contributed by atoms with E-state index in [1.807, 2.05) is 30.8 Å². The number of rotatable bonds is 2. The maximum Gasteiger partial charge on any atom is 0.146 e. The van der Waals surface area contributed by atoms with Crippen LogP contribution >= 0.6 is 0 Å². The van der Waals surface area contributed by atoms with E-state index in [2.05, 4.69) is 15.4 Å². The van der Waals surface area contributed by atoms with Crippen LogP contribution < -0.4 is 5.32 Å². The van der Waals surface area contributed by atoms with Crippen molar-refractivity contribution in [1.82, 2.24) is 25.1 Å². The monoisotopic (exact) mass is 257 g/mol. The number of piperidine rings is 1. The summed E-state index contributed by atoms with van der Waals surface area (Å²) < 4.78 is 1.85. The minimum absolute atomic E-state index is 0.292. The quantitative estimate of drug-likeness (QED) is 0.894. The van der Waals surface area contributed by atoms with E-state index in [0.29, 0.717) is 6.04 Å². The van der Waals surface area contributed by atoms with Crippen LogP contribution in [0.25, 0.3) is 11.4 Å². The summed E-state index contributed by atoms with van der Waals surface area (Å²) in [5.41, 5.74) is 2.99. The number of nitrogens with zero attached hydrogens (tertiary/aromatic N) is 4. The zero-order valence-electron chi connectivity index (χ0n) is 11.4. The Bertz CT molecular complexity index is 569. The third-order valence-electron chi connectivity index (χ3n) is 3.58. The van der Waals surface area contributed by atoms with Crippen molar-refractivity contribution >= 4 is 0 Å². The summed E-state index contributed by atoms with van der Waals surface area (Å²) in [5, 5.41) is 7.71. The zero-order chi connectivity index (χ0) is 13.2. The fourth-order valence-corrected chi connectivity index (χ4v) is 2.58. The van der Waals surface area contributed by atoms with Gasteiger partial charge in [0.05, 0.1) is 17.4 Å². The summed E-state index contributed by atoms with van der Waals surface area (Å²) in [6.45, 7) is 3.08. The van der Waals surface area contributed by atoms with E-state index in [9.17, 15) is 0 Å². The molecular weight excluding hydrogens is 238 g/mol. The molecule has 0 aliphatic carbocycles. The molecule has 0 saturated carbocycles. The Kier molecular flexibility index (Phi) is 3.29. The number of aryl methyl sites for hydroxylation is 2. The average Bonchev–Trinajstić information content (AvgIpc) is 2.85. The van der Waals surface area contributed by atoms with Crippen molar-refractivity contribution in [2.75, 3.05) is 6.54 Å². The molecule has 0 bridgehead atoms. The normalized spacial score (nSPS) is 19.6. The Morgan fingerprint density at radius 1 is 1.32 bits per heavy atom. The second-order valence-electron chi connectivity index (χ2n) is 5.10. The Balaban J connectivity index is 1.98. The van der Waals surface area contributed by atoms with Gasteiger partial charge in [-0.3, -0.25) is 4.68 Å². The van der Waals surface area contributed by atoms with Gasteiger partial charge in [0.15, 0.2) is 0 Å². The Morgan fingerprint density at radius 3 is 2.89 bits per heavy atom. The molecule has 5 heteroatoms. The van der Waals surface area contributed by atoms with E-state index in [-0.39, 0.29) is 0 Å². The van der Waals surface area contributed by atoms with Gasteiger partial charge in [-0.25, -0.2) is 9.97 Å². The number of nitrogens with one attached hydrogen (secondary N) is 1. The van der Waals surface area contributed by atoms with Gasteiger partial charge in [0, 0.05) is 18.9 Å². The molecule has 0 aromatic carbocycles. The maximum absolute atomic E-state index is 4.73. The molecule has 5 nitrogen and oxygen atoms in total. The summed E-state index contributed by atoms with van der Waals surface area (Å²) in [7, 11) is 1.94. The Hall–Kier alpha value is -1.75. The topological polar surface area (TPSA) is 55.6 Å². The third-order valence-corrected chi connectivity index (χ3v) is 3.58. The van der Waals surface area contributed by atoms with Crippen molar-refractivity contribution in [1.29, 1.82) is 0 Å². The van der Waals surface area contributed by atoms with Crippen LogP contribution in [0, 0.1) is 6.92 Å². The van der Waals surface area contributed by atoms with Crippen LogP contribution in [-0.2, 0) is 7.05 Å². The number of hydrogen-bond acceptors (Lipinski definition) is 4. The Labute approximate surface area is 113 Å². The first-order valence-electron chi connectivity index (χ1n) is 6.81. The third kappa shape index (κ3) is 2.51. The predicted octanol–water partition coefficient (Wildman–Crippen LogP) is 2.00. The van der Waals surface area contributed by atoms with Crippen molar-refractivity contribution in [2.45, 2.75) is 32.2 Å². The lowest BCUT2D eigenvalue weighted by Crippen LogP contribution is -2.28. The standard InChI is InChI=1S/C14H19N5/c1-10-9-12(13-6-8-16-19(13)2)18-14(17-10)11-5-3-4-7-15-11/h6,8-9,11,15H,3-5,7H2,1-2H3. The van der Waals surface area contributed by atoms with E-state index in [0.717, 1.165) is 35.9 Å². The van der Waals surface area contributed by atoms with Crippen molar-refractivity contribution in [3.63, 3.8) is 0 Å². The van der Waals surface area contributed by atoms with Gasteiger partial charge in [-0.2, -0.15) is 5.10 Å². The summed E-state index contributed by atoms with van der Waals surface area (Å²) in [6, 6.07) is 4.30. The van der Waals surface area contributed by atoms with E-state index < -0.39 is 0 Å². The van der Waals surface area contributed by atoms with Crippen LogP contribution in [0.2, 0.25) is 0 Å². The fourth-order valence-electron chi connectivity index (χ4n) is 2.58. The SMILES string of the molecule is Cc1cc(-c2ccnn2C)nc(C2CCCCN2)n1. The van der Waals surface area contributed by atoms with Crippen LogP contribution in [0.3, 0.4) is 0 Å². The highest BCUT2D eigenvalue weighted by Crippen LogP contribution is 2.23. The fraction of sp³-hybridized carbons (Fsp3) is 0.500. The number of hydrogen-bond donors (Lipinski definition) is 1. The van der Waals surface area contributed by atoms with Gasteiger partial charge >= 0.3 is 0 Å². The van der Waals surface area contributed by atoms with Crippen LogP contribution in [-0.4, -0.2) is 26.3 Å². The van der Waals surface area contributed by atoms with Crippen molar-refractivity contribution in [3.05, 3.63) is 29.8 Å². The van der Waals surface area contributed by atoms with Gasteiger partial charge in [-0.15, -0.1) is 0 Å². The molecule has 1 atom stereocenters. The molecule has 1 saturated heterocycles. The molecular formula is C14H19N5. The van der Waals surface area contributed by atoms with E-state index in [1.54, 1.807) is 6.20 Å². The predicted molar refractivity (Wildman–Crippen MR) is 73.6 cm³/mol. The minimum atomic E-state index is 0.292. The van der Waals surface area contributed by atoms with E-state index >= 15 is 0 Å². The van der Waals surface area contributed by atoms with Crippen molar-refractivity contribution in [3.8, 4) is 11.4 Å². The zero-order valence-corrected chi connectivity index (χ0v) is 11.4. The molecule has 1 aliphatic heterocycles. The van der Waals surface area contributed by atoms with Crippen molar-refractivity contribution < 1.29 is 0 Å².